The largest absolute Gasteiger partial charge is 0.465 e. The fraction of sp³-hybridized carbons (Fsp3) is 0.480. The summed E-state index contributed by atoms with van der Waals surface area (Å²) in [4.78, 5) is 13.0. The van der Waals surface area contributed by atoms with Gasteiger partial charge in [-0.05, 0) is 85.4 Å². The Morgan fingerprint density at radius 1 is 1.00 bits per heavy atom. The number of hydrogen-bond donors (Lipinski definition) is 1. The van der Waals surface area contributed by atoms with Gasteiger partial charge in [0, 0.05) is 12.1 Å². The Hall–Kier alpha value is -2.18. The van der Waals surface area contributed by atoms with Crippen LogP contribution in [0.4, 0.5) is 9.18 Å². The highest BCUT2D eigenvalue weighted by atomic mass is 28.4. The summed E-state index contributed by atoms with van der Waals surface area (Å²) in [6.45, 7) is 17.2. The molecule has 0 aromatic heterocycles. The van der Waals surface area contributed by atoms with Gasteiger partial charge in [-0.15, -0.1) is 0 Å². The van der Waals surface area contributed by atoms with Crippen LogP contribution in [0.2, 0.25) is 18.1 Å². The van der Waals surface area contributed by atoms with Gasteiger partial charge >= 0.3 is 6.09 Å². The molecule has 0 bridgehead atoms. The van der Waals surface area contributed by atoms with Gasteiger partial charge in [-0.1, -0.05) is 39.0 Å². The number of benzene rings is 2. The molecule has 0 saturated heterocycles. The van der Waals surface area contributed by atoms with Crippen molar-refractivity contribution in [2.24, 2.45) is 0 Å². The lowest BCUT2D eigenvalue weighted by molar-refractivity contribution is 0.0955. The first-order valence-electron chi connectivity index (χ1n) is 10.6. The molecule has 31 heavy (non-hydrogen) atoms. The Morgan fingerprint density at radius 3 is 2.16 bits per heavy atom. The van der Waals surface area contributed by atoms with Crippen molar-refractivity contribution in [1.29, 1.82) is 0 Å². The van der Waals surface area contributed by atoms with Crippen LogP contribution in [0.3, 0.4) is 0 Å². The predicted octanol–water partition coefficient (Wildman–Crippen LogP) is 7.29. The second-order valence-electron chi connectivity index (χ2n) is 10.6. The fourth-order valence-corrected chi connectivity index (χ4v) is 3.96. The van der Waals surface area contributed by atoms with Crippen molar-refractivity contribution in [3.8, 4) is 11.1 Å². The highest BCUT2D eigenvalue weighted by Gasteiger charge is 2.37. The van der Waals surface area contributed by atoms with Gasteiger partial charge < -0.3 is 9.53 Å². The van der Waals surface area contributed by atoms with E-state index in [1.165, 1.54) is 17.0 Å². The molecule has 0 aliphatic heterocycles. The van der Waals surface area contributed by atoms with Crippen molar-refractivity contribution >= 4 is 14.4 Å². The van der Waals surface area contributed by atoms with Crippen molar-refractivity contribution in [2.45, 2.75) is 78.4 Å². The Balaban J connectivity index is 2.29. The maximum Gasteiger partial charge on any atom is 0.408 e. The van der Waals surface area contributed by atoms with Crippen molar-refractivity contribution in [2.75, 3.05) is 0 Å². The topological polar surface area (TPSA) is 49.8 Å². The zero-order valence-electron chi connectivity index (χ0n) is 20.0. The zero-order chi connectivity index (χ0) is 23.6. The molecule has 0 spiro atoms. The minimum absolute atomic E-state index is 0.123. The summed E-state index contributed by atoms with van der Waals surface area (Å²) >= 11 is 0. The molecule has 0 unspecified atom stereocenters. The molecule has 2 aromatic carbocycles. The average Bonchev–Trinajstić information content (AvgIpc) is 2.62. The monoisotopic (exact) mass is 445 g/mol. The van der Waals surface area contributed by atoms with Gasteiger partial charge in [-0.2, -0.15) is 0 Å². The minimum atomic E-state index is -1.87. The van der Waals surface area contributed by atoms with E-state index in [9.17, 15) is 14.3 Å². The van der Waals surface area contributed by atoms with E-state index in [2.05, 4.69) is 33.9 Å². The van der Waals surface area contributed by atoms with Crippen LogP contribution >= 0.6 is 0 Å². The maximum atomic E-state index is 14.4. The molecule has 2 aromatic rings. The molecule has 0 aliphatic rings. The van der Waals surface area contributed by atoms with E-state index in [1.807, 2.05) is 51.1 Å². The second kappa shape index (κ2) is 9.13. The minimum Gasteiger partial charge on any atom is -0.465 e. The summed E-state index contributed by atoms with van der Waals surface area (Å²) in [5, 5.41) is 9.70. The van der Waals surface area contributed by atoms with Crippen LogP contribution in [0.5, 0.6) is 0 Å². The van der Waals surface area contributed by atoms with Crippen molar-refractivity contribution < 1.29 is 18.7 Å². The third-order valence-electron chi connectivity index (χ3n) is 6.01. The second-order valence-corrected chi connectivity index (χ2v) is 15.4. The number of rotatable bonds is 6. The van der Waals surface area contributed by atoms with Crippen LogP contribution in [0.15, 0.2) is 42.5 Å². The van der Waals surface area contributed by atoms with Crippen molar-refractivity contribution in [3.05, 3.63) is 59.4 Å². The summed E-state index contributed by atoms with van der Waals surface area (Å²) in [7, 11) is -1.87. The SMILES string of the molecule is CC(C)(C)N(Cc1cc(F)cc(-c2cccc(CO[Si](C)(C)C(C)(C)C)c2)c1)C(=O)O. The van der Waals surface area contributed by atoms with E-state index in [4.69, 9.17) is 4.43 Å². The first kappa shape index (κ1) is 25.1. The maximum absolute atomic E-state index is 14.4. The van der Waals surface area contributed by atoms with Crippen molar-refractivity contribution in [1.82, 2.24) is 4.90 Å². The van der Waals surface area contributed by atoms with Crippen LogP contribution in [0.1, 0.15) is 52.7 Å². The summed E-state index contributed by atoms with van der Waals surface area (Å²) in [6.07, 6.45) is -1.02. The molecule has 0 radical (unpaired) electrons. The molecule has 0 aliphatic carbocycles. The van der Waals surface area contributed by atoms with Crippen LogP contribution in [-0.4, -0.2) is 30.0 Å². The first-order chi connectivity index (χ1) is 14.1. The van der Waals surface area contributed by atoms with E-state index in [1.54, 1.807) is 0 Å². The Labute approximate surface area is 187 Å². The van der Waals surface area contributed by atoms with Gasteiger partial charge in [0.2, 0.25) is 0 Å². The highest BCUT2D eigenvalue weighted by molar-refractivity contribution is 6.74. The summed E-state index contributed by atoms with van der Waals surface area (Å²) < 4.78 is 20.7. The zero-order valence-corrected chi connectivity index (χ0v) is 21.0. The first-order valence-corrected chi connectivity index (χ1v) is 13.5. The Kier molecular flexibility index (Phi) is 7.38. The Morgan fingerprint density at radius 2 is 1.61 bits per heavy atom. The molecule has 6 heteroatoms. The van der Waals surface area contributed by atoms with Gasteiger partial charge in [0.1, 0.15) is 5.82 Å². The molecule has 1 amide bonds. The van der Waals surface area contributed by atoms with Gasteiger partial charge in [0.25, 0.3) is 0 Å². The molecule has 4 nitrogen and oxygen atoms in total. The van der Waals surface area contributed by atoms with Gasteiger partial charge in [-0.3, -0.25) is 4.90 Å². The average molecular weight is 446 g/mol. The standard InChI is InChI=1S/C25H36FNO3Si/c1-24(2,3)27(23(28)29)16-19-13-21(15-22(26)14-19)20-11-9-10-18(12-20)17-30-31(7,8)25(4,5)6/h9-15H,16-17H2,1-8H3,(H,28,29). The summed E-state index contributed by atoms with van der Waals surface area (Å²) in [5.41, 5.74) is 2.68. The van der Waals surface area contributed by atoms with Gasteiger partial charge in [0.05, 0.1) is 6.61 Å². The smallest absolute Gasteiger partial charge is 0.408 e. The lowest BCUT2D eigenvalue weighted by atomic mass is 9.99. The third kappa shape index (κ3) is 6.65. The van der Waals surface area contributed by atoms with Gasteiger partial charge in [-0.25, -0.2) is 9.18 Å². The van der Waals surface area contributed by atoms with E-state index < -0.39 is 19.9 Å². The number of amides is 1. The third-order valence-corrected chi connectivity index (χ3v) is 10.5. The van der Waals surface area contributed by atoms with Crippen molar-refractivity contribution in [3.63, 3.8) is 0 Å². The van der Waals surface area contributed by atoms with E-state index in [0.29, 0.717) is 12.2 Å². The molecule has 2 rings (SSSR count). The molecule has 170 valence electrons. The molecule has 0 fully saturated rings. The predicted molar refractivity (Wildman–Crippen MR) is 127 cm³/mol. The summed E-state index contributed by atoms with van der Waals surface area (Å²) in [5.74, 6) is -0.380. The van der Waals surface area contributed by atoms with E-state index >= 15 is 0 Å². The van der Waals surface area contributed by atoms with Crippen LogP contribution in [0.25, 0.3) is 11.1 Å². The lowest BCUT2D eigenvalue weighted by Crippen LogP contribution is -2.44. The highest BCUT2D eigenvalue weighted by Crippen LogP contribution is 2.37. The normalized spacial score (nSPS) is 12.7. The van der Waals surface area contributed by atoms with E-state index in [-0.39, 0.29) is 17.4 Å². The molecule has 0 heterocycles. The molecular formula is C25H36FNO3Si. The summed E-state index contributed by atoms with van der Waals surface area (Å²) in [6, 6.07) is 12.7. The fourth-order valence-electron chi connectivity index (χ4n) is 3.00. The van der Waals surface area contributed by atoms with Crippen LogP contribution in [-0.2, 0) is 17.6 Å². The number of nitrogens with zero attached hydrogens (tertiary/aromatic N) is 1. The number of carboxylic acid groups (broad SMARTS) is 1. The van der Waals surface area contributed by atoms with Crippen LogP contribution < -0.4 is 0 Å². The molecular weight excluding hydrogens is 409 g/mol. The van der Waals surface area contributed by atoms with Crippen LogP contribution in [0, 0.1) is 5.82 Å². The number of carbonyl (C=O) groups is 1. The Bertz CT molecular complexity index is 929. The number of hydrogen-bond acceptors (Lipinski definition) is 2. The lowest BCUT2D eigenvalue weighted by Gasteiger charge is -2.36. The molecule has 1 N–H and O–H groups in total. The number of halogens is 1. The molecule has 0 saturated carbocycles. The van der Waals surface area contributed by atoms with Gasteiger partial charge in [0.15, 0.2) is 8.32 Å². The quantitative estimate of drug-likeness (QED) is 0.475. The molecule has 0 atom stereocenters. The van der Waals surface area contributed by atoms with E-state index in [0.717, 1.165) is 16.7 Å².